The van der Waals surface area contributed by atoms with Gasteiger partial charge in [0, 0.05) is 54.6 Å². The van der Waals surface area contributed by atoms with E-state index < -0.39 is 0 Å². The van der Waals surface area contributed by atoms with Crippen LogP contribution >= 0.6 is 11.3 Å². The van der Waals surface area contributed by atoms with E-state index in [1.807, 2.05) is 6.20 Å². The van der Waals surface area contributed by atoms with Gasteiger partial charge in [0.05, 0.1) is 22.1 Å². The van der Waals surface area contributed by atoms with Crippen molar-refractivity contribution in [1.29, 1.82) is 0 Å². The van der Waals surface area contributed by atoms with Crippen molar-refractivity contribution in [2.45, 2.75) is 0 Å². The van der Waals surface area contributed by atoms with E-state index in [0.29, 0.717) is 0 Å². The van der Waals surface area contributed by atoms with E-state index in [-0.39, 0.29) is 0 Å². The van der Waals surface area contributed by atoms with Gasteiger partial charge in [0.15, 0.2) is 0 Å². The second-order valence-electron chi connectivity index (χ2n) is 13.2. The van der Waals surface area contributed by atoms with Crippen LogP contribution in [0.25, 0.3) is 97.5 Å². The average molecular weight is 668 g/mol. The Hall–Kier alpha value is -6.49. The van der Waals surface area contributed by atoms with Gasteiger partial charge >= 0.3 is 0 Å². The third-order valence-electron chi connectivity index (χ3n) is 10.3. The summed E-state index contributed by atoms with van der Waals surface area (Å²) in [6, 6.07) is 61.5. The molecule has 0 saturated carbocycles. The number of nitrogens with zero attached hydrogens (tertiary/aromatic N) is 3. The Bertz CT molecular complexity index is 3060. The van der Waals surface area contributed by atoms with Gasteiger partial charge in [0.25, 0.3) is 0 Å². The number of para-hydroxylation sites is 3. The number of hydrogen-bond donors (Lipinski definition) is 0. The van der Waals surface area contributed by atoms with Gasteiger partial charge in [-0.05, 0) is 76.9 Å². The summed E-state index contributed by atoms with van der Waals surface area (Å²) in [6.07, 6.45) is 1.92. The maximum absolute atomic E-state index is 4.93. The number of benzene rings is 7. The Morgan fingerprint density at radius 2 is 0.882 bits per heavy atom. The van der Waals surface area contributed by atoms with E-state index >= 15 is 0 Å². The first kappa shape index (κ1) is 28.4. The summed E-state index contributed by atoms with van der Waals surface area (Å²) in [5.74, 6) is 0. The summed E-state index contributed by atoms with van der Waals surface area (Å²) in [7, 11) is 0. The maximum Gasteiger partial charge on any atom is 0.124 e. The molecule has 0 aliphatic carbocycles. The van der Waals surface area contributed by atoms with Crippen molar-refractivity contribution in [3.8, 4) is 33.6 Å². The molecule has 0 fully saturated rings. The summed E-state index contributed by atoms with van der Waals surface area (Å²) in [6.45, 7) is 0. The SMILES string of the molecule is c1ccc(-c2cc(-c3ccccc3)cc(-n3c4ccccc4c4c5sc6ncccc6c5c5c(c6ccccc6n5-c5ccccc5)c43)c2)cc1. The molecule has 4 aromatic heterocycles. The number of aromatic nitrogens is 3. The quantitative estimate of drug-likeness (QED) is 0.183. The highest BCUT2D eigenvalue weighted by atomic mass is 32.1. The van der Waals surface area contributed by atoms with Crippen molar-refractivity contribution in [3.05, 3.63) is 176 Å². The summed E-state index contributed by atoms with van der Waals surface area (Å²) in [5, 5.41) is 7.46. The topological polar surface area (TPSA) is 22.8 Å². The Labute approximate surface area is 297 Å². The second kappa shape index (κ2) is 11.0. The Morgan fingerprint density at radius 1 is 0.392 bits per heavy atom. The first-order valence-corrected chi connectivity index (χ1v) is 18.1. The fourth-order valence-corrected chi connectivity index (χ4v) is 9.42. The third kappa shape index (κ3) is 4.14. The summed E-state index contributed by atoms with van der Waals surface area (Å²) in [4.78, 5) is 5.98. The Morgan fingerprint density at radius 3 is 1.51 bits per heavy atom. The molecule has 4 heterocycles. The molecule has 11 rings (SSSR count). The Balaban J connectivity index is 1.41. The largest absolute Gasteiger partial charge is 0.308 e. The molecule has 0 amide bonds. The van der Waals surface area contributed by atoms with Gasteiger partial charge in [-0.1, -0.05) is 115 Å². The lowest BCUT2D eigenvalue weighted by molar-refractivity contribution is 1.18. The van der Waals surface area contributed by atoms with Gasteiger partial charge in [-0.25, -0.2) is 4.98 Å². The lowest BCUT2D eigenvalue weighted by Crippen LogP contribution is -1.97. The molecule has 0 spiro atoms. The summed E-state index contributed by atoms with van der Waals surface area (Å²) >= 11 is 1.81. The minimum atomic E-state index is 1.06. The van der Waals surface area contributed by atoms with Crippen molar-refractivity contribution in [2.75, 3.05) is 0 Å². The van der Waals surface area contributed by atoms with Crippen LogP contribution in [0.15, 0.2) is 176 Å². The molecule has 0 atom stereocenters. The molecular formula is C47H29N3S. The van der Waals surface area contributed by atoms with Crippen LogP contribution in [0, 0.1) is 0 Å². The van der Waals surface area contributed by atoms with E-state index in [1.165, 1.54) is 81.3 Å². The first-order chi connectivity index (χ1) is 25.3. The van der Waals surface area contributed by atoms with Gasteiger partial charge in [0.2, 0.25) is 0 Å². The average Bonchev–Trinajstić information content (AvgIpc) is 3.87. The zero-order valence-corrected chi connectivity index (χ0v) is 28.3. The molecule has 0 N–H and O–H groups in total. The van der Waals surface area contributed by atoms with Crippen molar-refractivity contribution < 1.29 is 0 Å². The lowest BCUT2D eigenvalue weighted by atomic mass is 9.97. The van der Waals surface area contributed by atoms with Crippen molar-refractivity contribution in [2.24, 2.45) is 0 Å². The number of pyridine rings is 1. The number of fused-ring (bicyclic) bond motifs is 12. The molecule has 51 heavy (non-hydrogen) atoms. The van der Waals surface area contributed by atoms with Crippen LogP contribution in [0.3, 0.4) is 0 Å². The third-order valence-corrected chi connectivity index (χ3v) is 11.5. The van der Waals surface area contributed by atoms with Crippen LogP contribution in [0.5, 0.6) is 0 Å². The predicted molar refractivity (Wildman–Crippen MR) is 217 cm³/mol. The molecule has 7 aromatic carbocycles. The van der Waals surface area contributed by atoms with E-state index in [1.54, 1.807) is 11.3 Å². The van der Waals surface area contributed by atoms with Gasteiger partial charge in [-0.3, -0.25) is 0 Å². The minimum Gasteiger partial charge on any atom is -0.308 e. The number of thiophene rings is 1. The standard InChI is InChI=1S/C47H29N3S/c1-4-15-30(16-5-1)32-27-33(31-17-6-2-7-18-31)29-35(28-32)50-40-25-13-11-22-37(40)42-44(50)41-36-21-10-12-24-39(36)49(34-19-8-3-9-20-34)45(41)43-38-23-14-26-48-47(38)51-46(42)43/h1-29H. The first-order valence-electron chi connectivity index (χ1n) is 17.3. The van der Waals surface area contributed by atoms with E-state index in [0.717, 1.165) is 16.2 Å². The van der Waals surface area contributed by atoms with Crippen LogP contribution in [-0.4, -0.2) is 14.1 Å². The number of hydrogen-bond acceptors (Lipinski definition) is 2. The molecule has 0 bridgehead atoms. The highest BCUT2D eigenvalue weighted by Gasteiger charge is 2.27. The normalized spacial score (nSPS) is 11.9. The van der Waals surface area contributed by atoms with Gasteiger partial charge in [-0.2, -0.15) is 0 Å². The van der Waals surface area contributed by atoms with Crippen LogP contribution < -0.4 is 0 Å². The zero-order valence-electron chi connectivity index (χ0n) is 27.5. The zero-order chi connectivity index (χ0) is 33.5. The van der Waals surface area contributed by atoms with Crippen LogP contribution in [0.4, 0.5) is 0 Å². The van der Waals surface area contributed by atoms with Gasteiger partial charge in [0.1, 0.15) is 4.83 Å². The van der Waals surface area contributed by atoms with Crippen molar-refractivity contribution in [3.63, 3.8) is 0 Å². The predicted octanol–water partition coefficient (Wildman–Crippen LogP) is 13.0. The van der Waals surface area contributed by atoms with Gasteiger partial charge < -0.3 is 9.13 Å². The highest BCUT2D eigenvalue weighted by molar-refractivity contribution is 7.26. The van der Waals surface area contributed by atoms with Crippen molar-refractivity contribution >= 4 is 75.3 Å². The molecule has 238 valence electrons. The summed E-state index contributed by atoms with van der Waals surface area (Å²) in [5.41, 5.74) is 11.9. The molecule has 0 unspecified atom stereocenters. The van der Waals surface area contributed by atoms with E-state index in [4.69, 9.17) is 4.98 Å². The molecule has 11 aromatic rings. The van der Waals surface area contributed by atoms with E-state index in [9.17, 15) is 0 Å². The Kier molecular flexibility index (Phi) is 6.12. The molecule has 4 heteroatoms. The maximum atomic E-state index is 4.93. The minimum absolute atomic E-state index is 1.06. The molecule has 3 nitrogen and oxygen atoms in total. The second-order valence-corrected chi connectivity index (χ2v) is 14.1. The van der Waals surface area contributed by atoms with Crippen LogP contribution in [-0.2, 0) is 0 Å². The van der Waals surface area contributed by atoms with Crippen LogP contribution in [0.2, 0.25) is 0 Å². The highest BCUT2D eigenvalue weighted by Crippen LogP contribution is 2.51. The smallest absolute Gasteiger partial charge is 0.124 e. The number of rotatable bonds is 4. The molecule has 0 radical (unpaired) electrons. The fourth-order valence-electron chi connectivity index (χ4n) is 8.21. The molecule has 0 aliphatic heterocycles. The monoisotopic (exact) mass is 667 g/mol. The van der Waals surface area contributed by atoms with E-state index in [2.05, 4.69) is 179 Å². The summed E-state index contributed by atoms with van der Waals surface area (Å²) < 4.78 is 6.28. The lowest BCUT2D eigenvalue weighted by Gasteiger charge is -2.15. The fraction of sp³-hybridized carbons (Fsp3) is 0. The molecule has 0 saturated heterocycles. The van der Waals surface area contributed by atoms with Crippen LogP contribution in [0.1, 0.15) is 0 Å². The van der Waals surface area contributed by atoms with Gasteiger partial charge in [-0.15, -0.1) is 11.3 Å². The molecular weight excluding hydrogens is 639 g/mol. The molecule has 0 aliphatic rings. The van der Waals surface area contributed by atoms with Crippen molar-refractivity contribution in [1.82, 2.24) is 14.1 Å².